The van der Waals surface area contributed by atoms with Gasteiger partial charge in [-0.05, 0) is 52.2 Å². The van der Waals surface area contributed by atoms with Crippen molar-refractivity contribution in [2.24, 2.45) is 0 Å². The second-order valence-electron chi connectivity index (χ2n) is 3.98. The molecule has 1 aromatic heterocycles. The molecule has 4 heteroatoms. The molecule has 0 bridgehead atoms. The summed E-state index contributed by atoms with van der Waals surface area (Å²) in [6.07, 6.45) is 2.20. The van der Waals surface area contributed by atoms with E-state index in [2.05, 4.69) is 32.3 Å². The molecule has 3 nitrogen and oxygen atoms in total. The first-order valence-corrected chi connectivity index (χ1v) is 6.33. The first-order valence-electron chi connectivity index (χ1n) is 5.54. The first kappa shape index (κ1) is 12.6. The topological polar surface area (TPSA) is 48.7 Å². The van der Waals surface area contributed by atoms with Crippen LogP contribution in [0.2, 0.25) is 0 Å². The quantitative estimate of drug-likeness (QED) is 0.933. The molecule has 0 spiro atoms. The van der Waals surface area contributed by atoms with E-state index in [9.17, 15) is 0 Å². The Bertz CT molecular complexity index is 585. The van der Waals surface area contributed by atoms with E-state index in [0.29, 0.717) is 6.42 Å². The third-order valence-corrected chi connectivity index (χ3v) is 2.98. The fourth-order valence-corrected chi connectivity index (χ4v) is 2.05. The molecule has 0 fully saturated rings. The molecular formula is C14H12BrN3. The number of nitrogens with one attached hydrogen (secondary N) is 1. The van der Waals surface area contributed by atoms with Crippen molar-refractivity contribution in [1.29, 1.82) is 5.26 Å². The third kappa shape index (κ3) is 3.08. The predicted octanol–water partition coefficient (Wildman–Crippen LogP) is 3.96. The van der Waals surface area contributed by atoms with E-state index in [4.69, 9.17) is 5.26 Å². The maximum atomic E-state index is 8.61. The summed E-state index contributed by atoms with van der Waals surface area (Å²) >= 11 is 3.39. The molecule has 0 aliphatic carbocycles. The maximum absolute atomic E-state index is 8.61. The molecule has 0 saturated carbocycles. The zero-order valence-electron chi connectivity index (χ0n) is 9.94. The Labute approximate surface area is 115 Å². The lowest BCUT2D eigenvalue weighted by atomic mass is 10.1. The highest BCUT2D eigenvalue weighted by Crippen LogP contribution is 2.21. The number of hydrogen-bond donors (Lipinski definition) is 1. The number of nitriles is 1. The van der Waals surface area contributed by atoms with Crippen LogP contribution in [0.15, 0.2) is 41.0 Å². The van der Waals surface area contributed by atoms with Gasteiger partial charge in [0.15, 0.2) is 0 Å². The summed E-state index contributed by atoms with van der Waals surface area (Å²) in [4.78, 5) is 4.32. The minimum absolute atomic E-state index is 0.440. The summed E-state index contributed by atoms with van der Waals surface area (Å²) in [6, 6.07) is 11.9. The number of rotatable bonds is 3. The summed E-state index contributed by atoms with van der Waals surface area (Å²) in [5, 5.41) is 11.9. The van der Waals surface area contributed by atoms with Crippen molar-refractivity contribution in [3.8, 4) is 6.07 Å². The molecule has 2 rings (SSSR count). The standard InChI is InChI=1S/C14H12BrN3/c1-10-8-12(15)9-17-14(10)18-13-4-2-11(3-5-13)6-7-16/h2-5,8-9H,6H2,1H3,(H,17,18). The van der Waals surface area contributed by atoms with Gasteiger partial charge in [-0.2, -0.15) is 5.26 Å². The van der Waals surface area contributed by atoms with Crippen LogP contribution in [0.5, 0.6) is 0 Å². The van der Waals surface area contributed by atoms with Gasteiger partial charge in [0.25, 0.3) is 0 Å². The highest BCUT2D eigenvalue weighted by Gasteiger charge is 2.01. The summed E-state index contributed by atoms with van der Waals surface area (Å²) < 4.78 is 0.968. The molecule has 0 radical (unpaired) electrons. The van der Waals surface area contributed by atoms with Crippen LogP contribution in [0.4, 0.5) is 11.5 Å². The molecular weight excluding hydrogens is 290 g/mol. The predicted molar refractivity (Wildman–Crippen MR) is 75.7 cm³/mol. The van der Waals surface area contributed by atoms with Gasteiger partial charge in [-0.15, -0.1) is 0 Å². The lowest BCUT2D eigenvalue weighted by Crippen LogP contribution is -1.96. The monoisotopic (exact) mass is 301 g/mol. The lowest BCUT2D eigenvalue weighted by Gasteiger charge is -2.09. The lowest BCUT2D eigenvalue weighted by molar-refractivity contribution is 1.23. The molecule has 18 heavy (non-hydrogen) atoms. The number of hydrogen-bond acceptors (Lipinski definition) is 3. The first-order chi connectivity index (χ1) is 8.69. The molecule has 0 aliphatic rings. The largest absolute Gasteiger partial charge is 0.340 e. The van der Waals surface area contributed by atoms with Gasteiger partial charge in [0, 0.05) is 16.4 Å². The van der Waals surface area contributed by atoms with E-state index in [1.54, 1.807) is 6.20 Å². The summed E-state index contributed by atoms with van der Waals surface area (Å²) in [7, 11) is 0. The van der Waals surface area contributed by atoms with Crippen molar-refractivity contribution < 1.29 is 0 Å². The van der Waals surface area contributed by atoms with Gasteiger partial charge in [-0.25, -0.2) is 4.98 Å². The van der Waals surface area contributed by atoms with Gasteiger partial charge in [0.2, 0.25) is 0 Å². The molecule has 0 aliphatic heterocycles. The van der Waals surface area contributed by atoms with Crippen molar-refractivity contribution in [2.45, 2.75) is 13.3 Å². The Morgan fingerprint density at radius 3 is 2.67 bits per heavy atom. The zero-order valence-corrected chi connectivity index (χ0v) is 11.5. The molecule has 1 heterocycles. The second kappa shape index (κ2) is 5.65. The fraction of sp³-hybridized carbons (Fsp3) is 0.143. The van der Waals surface area contributed by atoms with E-state index < -0.39 is 0 Å². The van der Waals surface area contributed by atoms with Crippen LogP contribution in [-0.2, 0) is 6.42 Å². The van der Waals surface area contributed by atoms with Crippen molar-refractivity contribution in [3.05, 3.63) is 52.1 Å². The number of halogens is 1. The smallest absolute Gasteiger partial charge is 0.133 e. The van der Waals surface area contributed by atoms with E-state index in [1.807, 2.05) is 37.3 Å². The van der Waals surface area contributed by atoms with Crippen LogP contribution in [0.25, 0.3) is 0 Å². The molecule has 0 unspecified atom stereocenters. The third-order valence-electron chi connectivity index (χ3n) is 2.54. The molecule has 1 aromatic carbocycles. The van der Waals surface area contributed by atoms with E-state index in [-0.39, 0.29) is 0 Å². The number of anilines is 2. The normalized spacial score (nSPS) is 9.83. The van der Waals surface area contributed by atoms with Gasteiger partial charge in [-0.1, -0.05) is 12.1 Å². The highest BCUT2D eigenvalue weighted by atomic mass is 79.9. The Kier molecular flexibility index (Phi) is 3.96. The minimum atomic E-state index is 0.440. The van der Waals surface area contributed by atoms with E-state index in [1.165, 1.54) is 0 Å². The van der Waals surface area contributed by atoms with Crippen LogP contribution >= 0.6 is 15.9 Å². The fourth-order valence-electron chi connectivity index (χ4n) is 1.61. The second-order valence-corrected chi connectivity index (χ2v) is 4.89. The molecule has 0 amide bonds. The minimum Gasteiger partial charge on any atom is -0.340 e. The van der Waals surface area contributed by atoms with Crippen molar-refractivity contribution in [3.63, 3.8) is 0 Å². The summed E-state index contributed by atoms with van der Waals surface area (Å²) in [6.45, 7) is 2.00. The van der Waals surface area contributed by atoms with Crippen LogP contribution in [0.1, 0.15) is 11.1 Å². The van der Waals surface area contributed by atoms with E-state index in [0.717, 1.165) is 27.1 Å². The average molecular weight is 302 g/mol. The molecule has 0 atom stereocenters. The van der Waals surface area contributed by atoms with Crippen molar-refractivity contribution >= 4 is 27.4 Å². The van der Waals surface area contributed by atoms with Crippen molar-refractivity contribution in [1.82, 2.24) is 4.98 Å². The molecule has 0 saturated heterocycles. The maximum Gasteiger partial charge on any atom is 0.133 e. The van der Waals surface area contributed by atoms with Gasteiger partial charge < -0.3 is 5.32 Å². The van der Waals surface area contributed by atoms with E-state index >= 15 is 0 Å². The molecule has 90 valence electrons. The number of benzene rings is 1. The summed E-state index contributed by atoms with van der Waals surface area (Å²) in [5.41, 5.74) is 3.06. The molecule has 2 aromatic rings. The van der Waals surface area contributed by atoms with Crippen molar-refractivity contribution in [2.75, 3.05) is 5.32 Å². The van der Waals surface area contributed by atoms with Gasteiger partial charge in [0.05, 0.1) is 12.5 Å². The Hall–Kier alpha value is -1.86. The van der Waals surface area contributed by atoms with Gasteiger partial charge in [-0.3, -0.25) is 0 Å². The van der Waals surface area contributed by atoms with Crippen LogP contribution in [-0.4, -0.2) is 4.98 Å². The Balaban J connectivity index is 2.16. The molecule has 1 N–H and O–H groups in total. The Morgan fingerprint density at radius 1 is 1.33 bits per heavy atom. The highest BCUT2D eigenvalue weighted by molar-refractivity contribution is 9.10. The number of aryl methyl sites for hydroxylation is 1. The zero-order chi connectivity index (χ0) is 13.0. The SMILES string of the molecule is Cc1cc(Br)cnc1Nc1ccc(CC#N)cc1. The number of nitrogens with zero attached hydrogens (tertiary/aromatic N) is 2. The van der Waals surface area contributed by atoms with Crippen LogP contribution in [0.3, 0.4) is 0 Å². The number of aromatic nitrogens is 1. The number of pyridine rings is 1. The average Bonchev–Trinajstić information content (AvgIpc) is 2.35. The van der Waals surface area contributed by atoms with Crippen LogP contribution in [0, 0.1) is 18.3 Å². The Morgan fingerprint density at radius 2 is 2.06 bits per heavy atom. The summed E-state index contributed by atoms with van der Waals surface area (Å²) in [5.74, 6) is 0.839. The van der Waals surface area contributed by atoms with Crippen LogP contribution < -0.4 is 5.32 Å². The van der Waals surface area contributed by atoms with Gasteiger partial charge >= 0.3 is 0 Å². The van der Waals surface area contributed by atoms with Gasteiger partial charge in [0.1, 0.15) is 5.82 Å².